The Kier molecular flexibility index (Phi) is 3.61. The first-order valence-corrected chi connectivity index (χ1v) is 6.94. The molecule has 1 aromatic carbocycles. The lowest BCUT2D eigenvalue weighted by Gasteiger charge is -2.06. The molecule has 0 bridgehead atoms. The normalized spacial score (nSPS) is 11.1. The third-order valence-electron chi connectivity index (χ3n) is 2.39. The van der Waals surface area contributed by atoms with Crippen LogP contribution in [0.25, 0.3) is 0 Å². The van der Waals surface area contributed by atoms with Crippen molar-refractivity contribution in [3.05, 3.63) is 52.2 Å². The number of benzene rings is 1. The fourth-order valence-electron chi connectivity index (χ4n) is 1.40. The topological polar surface area (TPSA) is 115 Å². The summed E-state index contributed by atoms with van der Waals surface area (Å²) in [6, 6.07) is 7.64. The van der Waals surface area contributed by atoms with Gasteiger partial charge in [-0.3, -0.25) is 14.8 Å². The number of aromatic nitrogens is 2. The molecular formula is C11H10N4O4S. The lowest BCUT2D eigenvalue weighted by molar-refractivity contribution is -0.384. The van der Waals surface area contributed by atoms with Gasteiger partial charge in [-0.2, -0.15) is 5.10 Å². The molecule has 9 heteroatoms. The van der Waals surface area contributed by atoms with Crippen LogP contribution in [0, 0.1) is 17.0 Å². The molecule has 0 unspecified atom stereocenters. The molecule has 0 aliphatic heterocycles. The summed E-state index contributed by atoms with van der Waals surface area (Å²) in [6.07, 6.45) is 0. The van der Waals surface area contributed by atoms with Crippen molar-refractivity contribution in [1.29, 1.82) is 0 Å². The van der Waals surface area contributed by atoms with Gasteiger partial charge >= 0.3 is 0 Å². The fraction of sp³-hybridized carbons (Fsp3) is 0.0909. The van der Waals surface area contributed by atoms with E-state index in [9.17, 15) is 18.5 Å². The number of nitrogens with one attached hydrogen (secondary N) is 1. The van der Waals surface area contributed by atoms with Gasteiger partial charge in [-0.15, -0.1) is 5.10 Å². The highest BCUT2D eigenvalue weighted by Crippen LogP contribution is 2.18. The minimum atomic E-state index is -3.84. The monoisotopic (exact) mass is 294 g/mol. The van der Waals surface area contributed by atoms with Gasteiger partial charge in [-0.25, -0.2) is 8.42 Å². The Labute approximate surface area is 114 Å². The molecule has 1 N–H and O–H groups in total. The highest BCUT2D eigenvalue weighted by atomic mass is 32.2. The summed E-state index contributed by atoms with van der Waals surface area (Å²) in [6.45, 7) is 1.72. The minimum Gasteiger partial charge on any atom is -0.262 e. The van der Waals surface area contributed by atoms with Crippen molar-refractivity contribution in [1.82, 2.24) is 10.2 Å². The van der Waals surface area contributed by atoms with Gasteiger partial charge in [0.15, 0.2) is 5.82 Å². The number of nitro groups is 1. The van der Waals surface area contributed by atoms with E-state index in [1.807, 2.05) is 0 Å². The van der Waals surface area contributed by atoms with Crippen LogP contribution in [-0.2, 0) is 10.0 Å². The summed E-state index contributed by atoms with van der Waals surface area (Å²) in [5.41, 5.74) is 0.474. The molecule has 0 aliphatic rings. The van der Waals surface area contributed by atoms with Crippen LogP contribution in [0.4, 0.5) is 11.5 Å². The van der Waals surface area contributed by atoms with Gasteiger partial charge in [0.05, 0.1) is 15.5 Å². The number of hydrogen-bond acceptors (Lipinski definition) is 6. The van der Waals surface area contributed by atoms with Crippen molar-refractivity contribution in [2.24, 2.45) is 0 Å². The fourth-order valence-corrected chi connectivity index (χ4v) is 2.39. The van der Waals surface area contributed by atoms with Crippen LogP contribution in [0.2, 0.25) is 0 Å². The summed E-state index contributed by atoms with van der Waals surface area (Å²) in [5, 5.41) is 17.9. The van der Waals surface area contributed by atoms with E-state index < -0.39 is 14.9 Å². The lowest BCUT2D eigenvalue weighted by Crippen LogP contribution is -2.14. The molecule has 1 aromatic heterocycles. The molecule has 104 valence electrons. The number of hydrogen-bond donors (Lipinski definition) is 1. The number of rotatable bonds is 4. The Balaban J connectivity index is 2.26. The summed E-state index contributed by atoms with van der Waals surface area (Å²) in [4.78, 5) is 9.81. The van der Waals surface area contributed by atoms with E-state index in [4.69, 9.17) is 0 Å². The zero-order chi connectivity index (χ0) is 14.8. The molecule has 0 radical (unpaired) electrons. The van der Waals surface area contributed by atoms with Crippen LogP contribution >= 0.6 is 0 Å². The molecule has 2 rings (SSSR count). The third-order valence-corrected chi connectivity index (χ3v) is 3.77. The molecule has 8 nitrogen and oxygen atoms in total. The smallest absolute Gasteiger partial charge is 0.262 e. The summed E-state index contributed by atoms with van der Waals surface area (Å²) in [5.74, 6) is 0.0777. The molecule has 1 heterocycles. The molecular weight excluding hydrogens is 284 g/mol. The van der Waals surface area contributed by atoms with Gasteiger partial charge in [0.1, 0.15) is 0 Å². The van der Waals surface area contributed by atoms with Crippen LogP contribution in [0.3, 0.4) is 0 Å². The summed E-state index contributed by atoms with van der Waals surface area (Å²) < 4.78 is 26.3. The molecule has 0 atom stereocenters. The average Bonchev–Trinajstić information content (AvgIpc) is 2.41. The summed E-state index contributed by atoms with van der Waals surface area (Å²) in [7, 11) is -3.84. The quantitative estimate of drug-likeness (QED) is 0.674. The van der Waals surface area contributed by atoms with E-state index in [1.165, 1.54) is 6.07 Å². The number of non-ortho nitro benzene ring substituents is 1. The Morgan fingerprint density at radius 2 is 1.75 bits per heavy atom. The van der Waals surface area contributed by atoms with Crippen LogP contribution in [-0.4, -0.2) is 23.5 Å². The van der Waals surface area contributed by atoms with Gasteiger partial charge < -0.3 is 0 Å². The first-order valence-electron chi connectivity index (χ1n) is 5.46. The first-order chi connectivity index (χ1) is 9.38. The second-order valence-electron chi connectivity index (χ2n) is 3.92. The van der Waals surface area contributed by atoms with Crippen LogP contribution in [0.15, 0.2) is 41.3 Å². The van der Waals surface area contributed by atoms with Crippen molar-refractivity contribution in [3.63, 3.8) is 0 Å². The SMILES string of the molecule is Cc1ccc(NS(=O)(=O)c2ccc([N+](=O)[O-])cc2)nn1. The average molecular weight is 294 g/mol. The third kappa shape index (κ3) is 3.06. The molecule has 0 amide bonds. The second-order valence-corrected chi connectivity index (χ2v) is 5.60. The molecule has 0 fully saturated rings. The molecule has 0 saturated carbocycles. The maximum absolute atomic E-state index is 12.0. The van der Waals surface area contributed by atoms with Gasteiger partial charge in [0, 0.05) is 12.1 Å². The van der Waals surface area contributed by atoms with Crippen LogP contribution in [0.1, 0.15) is 5.69 Å². The lowest BCUT2D eigenvalue weighted by atomic mass is 10.3. The molecule has 0 spiro atoms. The zero-order valence-electron chi connectivity index (χ0n) is 10.3. The molecule has 0 saturated heterocycles. The Morgan fingerprint density at radius 3 is 2.25 bits per heavy atom. The van der Waals surface area contributed by atoms with Crippen molar-refractivity contribution >= 4 is 21.5 Å². The number of aryl methyl sites for hydroxylation is 1. The highest BCUT2D eigenvalue weighted by molar-refractivity contribution is 7.92. The van der Waals surface area contributed by atoms with Crippen molar-refractivity contribution in [2.45, 2.75) is 11.8 Å². The Morgan fingerprint density at radius 1 is 1.10 bits per heavy atom. The van der Waals surface area contributed by atoms with E-state index in [0.717, 1.165) is 24.3 Å². The minimum absolute atomic E-state index is 0.0777. The number of nitrogens with zero attached hydrogens (tertiary/aromatic N) is 3. The molecule has 0 aliphatic carbocycles. The van der Waals surface area contributed by atoms with Gasteiger partial charge in [-0.05, 0) is 31.2 Å². The molecule has 20 heavy (non-hydrogen) atoms. The predicted molar refractivity (Wildman–Crippen MR) is 70.7 cm³/mol. The number of anilines is 1. The maximum Gasteiger partial charge on any atom is 0.269 e. The maximum atomic E-state index is 12.0. The second kappa shape index (κ2) is 5.21. The largest absolute Gasteiger partial charge is 0.269 e. The Bertz CT molecular complexity index is 726. The van der Waals surface area contributed by atoms with E-state index in [2.05, 4.69) is 14.9 Å². The van der Waals surface area contributed by atoms with Crippen LogP contribution in [0.5, 0.6) is 0 Å². The van der Waals surface area contributed by atoms with Crippen molar-refractivity contribution in [3.8, 4) is 0 Å². The predicted octanol–water partition coefficient (Wildman–Crippen LogP) is 1.49. The van der Waals surface area contributed by atoms with Gasteiger partial charge in [-0.1, -0.05) is 0 Å². The first kappa shape index (κ1) is 13.9. The summed E-state index contributed by atoms with van der Waals surface area (Å²) >= 11 is 0. The highest BCUT2D eigenvalue weighted by Gasteiger charge is 2.16. The van der Waals surface area contributed by atoms with E-state index in [1.54, 1.807) is 13.0 Å². The van der Waals surface area contributed by atoms with E-state index in [0.29, 0.717) is 5.69 Å². The number of sulfonamides is 1. The Hall–Kier alpha value is -2.55. The standard InChI is InChI=1S/C11H10N4O4S/c1-8-2-7-11(13-12-8)14-20(18,19)10-5-3-9(4-6-10)15(16)17/h2-7H,1H3,(H,13,14). The molecule has 2 aromatic rings. The van der Waals surface area contributed by atoms with Crippen molar-refractivity contribution < 1.29 is 13.3 Å². The van der Waals surface area contributed by atoms with E-state index >= 15 is 0 Å². The number of nitro benzene ring substituents is 1. The van der Waals surface area contributed by atoms with Crippen molar-refractivity contribution in [2.75, 3.05) is 4.72 Å². The zero-order valence-corrected chi connectivity index (χ0v) is 11.2. The van der Waals surface area contributed by atoms with E-state index in [-0.39, 0.29) is 16.4 Å². The van der Waals surface area contributed by atoms with Crippen LogP contribution < -0.4 is 4.72 Å². The van der Waals surface area contributed by atoms with Gasteiger partial charge in [0.25, 0.3) is 15.7 Å². The van der Waals surface area contributed by atoms with Gasteiger partial charge in [0.2, 0.25) is 0 Å².